The maximum Gasteiger partial charge on any atom is 0.331 e. The van der Waals surface area contributed by atoms with Gasteiger partial charge in [0.15, 0.2) is 5.84 Å². The van der Waals surface area contributed by atoms with Gasteiger partial charge < -0.3 is 10.6 Å². The summed E-state index contributed by atoms with van der Waals surface area (Å²) in [5.74, 6) is 2.28. The average Bonchev–Trinajstić information content (AvgIpc) is 3.45. The van der Waals surface area contributed by atoms with E-state index in [0.717, 1.165) is 30.2 Å². The Morgan fingerprint density at radius 2 is 2.04 bits per heavy atom. The SMILES string of the molecule is [3H]c1ccc(C[C@@H]2CN3C(=O)N(CCC)C4=NC(C5CCCC5)NC4=C3N2)cc1. The second-order valence-corrected chi connectivity index (χ2v) is 8.31. The molecule has 5 rings (SSSR count). The molecule has 0 bridgehead atoms. The van der Waals surface area contributed by atoms with E-state index >= 15 is 0 Å². The number of hydrogen-bond donors (Lipinski definition) is 2. The summed E-state index contributed by atoms with van der Waals surface area (Å²) in [6.07, 6.45) is 6.81. The lowest BCUT2D eigenvalue weighted by atomic mass is 10.1. The molecule has 1 aromatic rings. The number of amides is 2. The lowest BCUT2D eigenvalue weighted by molar-refractivity contribution is 0.189. The van der Waals surface area contributed by atoms with Crippen molar-refractivity contribution in [2.24, 2.45) is 10.9 Å². The van der Waals surface area contributed by atoms with Crippen molar-refractivity contribution in [1.82, 2.24) is 20.4 Å². The lowest BCUT2D eigenvalue weighted by Gasteiger charge is -2.33. The molecule has 1 aromatic carbocycles. The van der Waals surface area contributed by atoms with Crippen LogP contribution in [0.1, 0.15) is 46.0 Å². The number of carbonyl (C=O) groups is 1. The van der Waals surface area contributed by atoms with E-state index in [4.69, 9.17) is 6.36 Å². The summed E-state index contributed by atoms with van der Waals surface area (Å²) in [4.78, 5) is 22.0. The second kappa shape index (κ2) is 7.15. The van der Waals surface area contributed by atoms with Crippen molar-refractivity contribution in [3.05, 3.63) is 47.4 Å². The number of urea groups is 1. The first-order valence-electron chi connectivity index (χ1n) is 11.1. The van der Waals surface area contributed by atoms with Gasteiger partial charge >= 0.3 is 6.03 Å². The molecule has 2 fully saturated rings. The third-order valence-corrected chi connectivity index (χ3v) is 6.31. The number of nitrogens with zero attached hydrogens (tertiary/aromatic N) is 3. The van der Waals surface area contributed by atoms with Gasteiger partial charge in [-0.2, -0.15) is 0 Å². The Bertz CT molecular complexity index is 858. The molecule has 3 heterocycles. The number of benzene rings is 1. The monoisotopic (exact) mass is 381 g/mol. The molecule has 2 amide bonds. The van der Waals surface area contributed by atoms with Gasteiger partial charge in [0.2, 0.25) is 0 Å². The standard InChI is InChI=1S/C22H29N5O/c1-2-12-26-21-18(24-19(25-21)16-10-6-7-11-16)20-23-17(14-27(20)22(26)28)13-15-8-4-3-5-9-15/h3-5,8-9,16-17,19,23-24H,2,6-7,10-14H2,1H3/t17-,19?/m1/s1/i3T. The van der Waals surface area contributed by atoms with Gasteiger partial charge in [0.1, 0.15) is 17.7 Å². The second-order valence-electron chi connectivity index (χ2n) is 8.31. The normalized spacial score (nSPS) is 27.4. The number of amidine groups is 1. The lowest BCUT2D eigenvalue weighted by Crippen LogP contribution is -2.51. The van der Waals surface area contributed by atoms with E-state index < -0.39 is 0 Å². The highest BCUT2D eigenvalue weighted by Gasteiger charge is 2.46. The zero-order valence-electron chi connectivity index (χ0n) is 17.4. The van der Waals surface area contributed by atoms with Crippen LogP contribution in [0.5, 0.6) is 0 Å². The summed E-state index contributed by atoms with van der Waals surface area (Å²) in [5.41, 5.74) is 2.18. The highest BCUT2D eigenvalue weighted by molar-refractivity contribution is 6.11. The largest absolute Gasteiger partial charge is 0.365 e. The van der Waals surface area contributed by atoms with Crippen LogP contribution in [0.25, 0.3) is 0 Å². The van der Waals surface area contributed by atoms with Crippen LogP contribution < -0.4 is 10.6 Å². The van der Waals surface area contributed by atoms with Gasteiger partial charge in [0.25, 0.3) is 0 Å². The van der Waals surface area contributed by atoms with Crippen molar-refractivity contribution in [2.75, 3.05) is 13.1 Å². The van der Waals surface area contributed by atoms with Crippen molar-refractivity contribution in [2.45, 2.75) is 57.7 Å². The van der Waals surface area contributed by atoms with Gasteiger partial charge in [-0.1, -0.05) is 50.1 Å². The Labute approximate surface area is 168 Å². The van der Waals surface area contributed by atoms with Crippen LogP contribution in [0.4, 0.5) is 4.79 Å². The van der Waals surface area contributed by atoms with Crippen LogP contribution in [0, 0.1) is 5.92 Å². The number of carbonyl (C=O) groups excluding carboxylic acids is 1. The number of hydrogen-bond acceptors (Lipinski definition) is 4. The van der Waals surface area contributed by atoms with Crippen molar-refractivity contribution in [3.63, 3.8) is 0 Å². The van der Waals surface area contributed by atoms with E-state index in [1.807, 2.05) is 34.1 Å². The number of nitrogens with one attached hydrogen (secondary N) is 2. The molecule has 2 atom stereocenters. The van der Waals surface area contributed by atoms with Crippen LogP contribution in [0.15, 0.2) is 46.8 Å². The fourth-order valence-corrected chi connectivity index (χ4v) is 4.94. The first kappa shape index (κ1) is 16.5. The van der Waals surface area contributed by atoms with Crippen molar-refractivity contribution >= 4 is 11.9 Å². The molecule has 1 aliphatic carbocycles. The maximum atomic E-state index is 13.3. The number of fused-ring (bicyclic) bond motifs is 2. The van der Waals surface area contributed by atoms with Gasteiger partial charge in [-0.15, -0.1) is 0 Å². The summed E-state index contributed by atoms with van der Waals surface area (Å²) in [7, 11) is 0. The summed E-state index contributed by atoms with van der Waals surface area (Å²) in [6.45, 7) is 3.45. The van der Waals surface area contributed by atoms with Crippen molar-refractivity contribution in [1.29, 1.82) is 0 Å². The van der Waals surface area contributed by atoms with Crippen LogP contribution in [0.3, 0.4) is 0 Å². The molecule has 3 aliphatic heterocycles. The molecule has 28 heavy (non-hydrogen) atoms. The first-order chi connectivity index (χ1) is 14.1. The topological polar surface area (TPSA) is 60.0 Å². The minimum Gasteiger partial charge on any atom is -0.365 e. The van der Waals surface area contributed by atoms with Crippen molar-refractivity contribution < 1.29 is 6.17 Å². The molecule has 6 nitrogen and oxygen atoms in total. The Balaban J connectivity index is 1.42. The third-order valence-electron chi connectivity index (χ3n) is 6.31. The van der Waals surface area contributed by atoms with Crippen LogP contribution in [0.2, 0.25) is 0 Å². The highest BCUT2D eigenvalue weighted by Crippen LogP contribution is 2.35. The average molecular weight is 382 g/mol. The highest BCUT2D eigenvalue weighted by atomic mass is 16.2. The molecule has 2 N–H and O–H groups in total. The molecule has 6 heteroatoms. The molecular formula is C22H29N5O. The molecule has 4 aliphatic rings. The number of aliphatic imine (C=N–C) groups is 1. The molecule has 0 spiro atoms. The fourth-order valence-electron chi connectivity index (χ4n) is 4.94. The first-order valence-corrected chi connectivity index (χ1v) is 10.6. The molecule has 1 saturated heterocycles. The quantitative estimate of drug-likeness (QED) is 0.824. The summed E-state index contributed by atoms with van der Waals surface area (Å²) in [6, 6.07) is 8.37. The Morgan fingerprint density at radius 1 is 1.25 bits per heavy atom. The van der Waals surface area contributed by atoms with E-state index in [0.29, 0.717) is 25.0 Å². The minimum absolute atomic E-state index is 0.0368. The molecule has 0 aromatic heterocycles. The van der Waals surface area contributed by atoms with Crippen LogP contribution in [-0.2, 0) is 6.42 Å². The Kier molecular flexibility index (Phi) is 4.20. The van der Waals surface area contributed by atoms with Crippen LogP contribution >= 0.6 is 0 Å². The Hall–Kier alpha value is -2.50. The third kappa shape index (κ3) is 2.95. The smallest absolute Gasteiger partial charge is 0.331 e. The summed E-state index contributed by atoms with van der Waals surface area (Å²) < 4.78 is 7.66. The van der Waals surface area contributed by atoms with E-state index in [1.165, 1.54) is 31.2 Å². The van der Waals surface area contributed by atoms with Gasteiger partial charge in [-0.3, -0.25) is 9.80 Å². The fraction of sp³-hybridized carbons (Fsp3) is 0.545. The zero-order valence-corrected chi connectivity index (χ0v) is 16.4. The maximum absolute atomic E-state index is 13.3. The van der Waals surface area contributed by atoms with Gasteiger partial charge in [0.05, 0.1) is 1.37 Å². The molecule has 0 radical (unpaired) electrons. The molecule has 148 valence electrons. The van der Waals surface area contributed by atoms with Crippen LogP contribution in [-0.4, -0.2) is 47.0 Å². The van der Waals surface area contributed by atoms with Crippen molar-refractivity contribution in [3.8, 4) is 0 Å². The Morgan fingerprint density at radius 3 is 2.79 bits per heavy atom. The predicted octanol–water partition coefficient (Wildman–Crippen LogP) is 3.04. The van der Waals surface area contributed by atoms with Gasteiger partial charge in [-0.05, 0) is 37.2 Å². The molecule has 1 saturated carbocycles. The predicted molar refractivity (Wildman–Crippen MR) is 110 cm³/mol. The summed E-state index contributed by atoms with van der Waals surface area (Å²) in [5, 5.41) is 7.26. The number of rotatable bonds is 5. The van der Waals surface area contributed by atoms with E-state index in [-0.39, 0.29) is 18.2 Å². The van der Waals surface area contributed by atoms with Gasteiger partial charge in [-0.25, -0.2) is 9.79 Å². The van der Waals surface area contributed by atoms with E-state index in [9.17, 15) is 4.79 Å². The molecular weight excluding hydrogens is 350 g/mol. The zero-order chi connectivity index (χ0) is 20.0. The minimum atomic E-state index is 0.0368. The summed E-state index contributed by atoms with van der Waals surface area (Å²) >= 11 is 0. The van der Waals surface area contributed by atoms with E-state index in [2.05, 4.69) is 17.6 Å². The van der Waals surface area contributed by atoms with Gasteiger partial charge in [0, 0.05) is 19.1 Å². The van der Waals surface area contributed by atoms with E-state index in [1.54, 1.807) is 0 Å². The molecule has 1 unspecified atom stereocenters.